The summed E-state index contributed by atoms with van der Waals surface area (Å²) in [6, 6.07) is 7.61. The summed E-state index contributed by atoms with van der Waals surface area (Å²) in [6.07, 6.45) is 2.51. The molecule has 1 aliphatic heterocycles. The molecule has 0 spiro atoms. The van der Waals surface area contributed by atoms with Gasteiger partial charge >= 0.3 is 5.97 Å². The van der Waals surface area contributed by atoms with Crippen molar-refractivity contribution in [1.82, 2.24) is 0 Å². The number of hydrogen-bond donors (Lipinski definition) is 2. The molecule has 1 aromatic carbocycles. The predicted molar refractivity (Wildman–Crippen MR) is 77.7 cm³/mol. The Morgan fingerprint density at radius 1 is 1.50 bits per heavy atom. The number of aliphatic carboxylic acids is 1. The van der Waals surface area contributed by atoms with E-state index < -0.39 is 11.4 Å². The summed E-state index contributed by atoms with van der Waals surface area (Å²) in [4.78, 5) is 11.9. The van der Waals surface area contributed by atoms with Crippen LogP contribution in [0.25, 0.3) is 0 Å². The van der Waals surface area contributed by atoms with E-state index in [2.05, 4.69) is 0 Å². The number of hydrogen-bond acceptors (Lipinski definition) is 3. The van der Waals surface area contributed by atoms with Gasteiger partial charge < -0.3 is 15.6 Å². The van der Waals surface area contributed by atoms with Gasteiger partial charge in [0.1, 0.15) is 5.41 Å². The van der Waals surface area contributed by atoms with Crippen LogP contribution in [0, 0.1) is 6.92 Å². The first-order valence-corrected chi connectivity index (χ1v) is 7.14. The molecule has 0 bridgehead atoms. The Labute approximate surface area is 119 Å². The fraction of sp³-hybridized carbons (Fsp3) is 0.562. The van der Waals surface area contributed by atoms with E-state index in [-0.39, 0.29) is 18.8 Å². The quantitative estimate of drug-likeness (QED) is 0.865. The van der Waals surface area contributed by atoms with E-state index in [1.165, 1.54) is 0 Å². The van der Waals surface area contributed by atoms with E-state index in [1.54, 1.807) is 0 Å². The van der Waals surface area contributed by atoms with Crippen LogP contribution in [0.1, 0.15) is 37.3 Å². The monoisotopic (exact) mass is 277 g/mol. The van der Waals surface area contributed by atoms with Crippen molar-refractivity contribution >= 4 is 5.97 Å². The Bertz CT molecular complexity index is 488. The first-order valence-electron chi connectivity index (χ1n) is 7.14. The Morgan fingerprint density at radius 2 is 2.25 bits per heavy atom. The lowest BCUT2D eigenvalue weighted by Gasteiger charge is -2.31. The molecule has 2 rings (SSSR count). The number of rotatable bonds is 5. The molecule has 1 fully saturated rings. The summed E-state index contributed by atoms with van der Waals surface area (Å²) in [5.74, 6) is -0.867. The van der Waals surface area contributed by atoms with Gasteiger partial charge in [0.05, 0.1) is 12.2 Å². The average Bonchev–Trinajstić information content (AvgIpc) is 2.81. The van der Waals surface area contributed by atoms with Crippen LogP contribution in [-0.4, -0.2) is 29.8 Å². The van der Waals surface area contributed by atoms with Gasteiger partial charge in [-0.3, -0.25) is 4.79 Å². The first kappa shape index (κ1) is 15.0. The number of ether oxygens (including phenoxy) is 1. The standard InChI is InChI=1S/C16H23NO3/c1-11-4-3-5-13(8-11)16(10-17,15(18)19)9-14-7-6-12(2)20-14/h3-5,8,12,14H,6-7,9-10,17H2,1-2H3,(H,18,19). The number of benzene rings is 1. The highest BCUT2D eigenvalue weighted by Gasteiger charge is 2.42. The van der Waals surface area contributed by atoms with Crippen molar-refractivity contribution in [3.63, 3.8) is 0 Å². The molecule has 0 amide bonds. The maximum atomic E-state index is 11.9. The van der Waals surface area contributed by atoms with Crippen LogP contribution < -0.4 is 5.73 Å². The van der Waals surface area contributed by atoms with Gasteiger partial charge in [-0.15, -0.1) is 0 Å². The molecule has 3 N–H and O–H groups in total. The van der Waals surface area contributed by atoms with Gasteiger partial charge in [-0.2, -0.15) is 0 Å². The van der Waals surface area contributed by atoms with Gasteiger partial charge in [-0.05, 0) is 38.7 Å². The number of carboxylic acids is 1. The van der Waals surface area contributed by atoms with Crippen molar-refractivity contribution in [2.75, 3.05) is 6.54 Å². The minimum Gasteiger partial charge on any atom is -0.481 e. The summed E-state index contributed by atoms with van der Waals surface area (Å²) < 4.78 is 5.80. The Balaban J connectivity index is 2.32. The minimum atomic E-state index is -1.05. The molecule has 1 aliphatic rings. The third kappa shape index (κ3) is 2.86. The summed E-state index contributed by atoms with van der Waals surface area (Å²) in [7, 11) is 0. The Kier molecular flexibility index (Phi) is 4.45. The van der Waals surface area contributed by atoms with E-state index in [1.807, 2.05) is 38.1 Å². The third-order valence-corrected chi connectivity index (χ3v) is 4.22. The molecule has 0 aliphatic carbocycles. The van der Waals surface area contributed by atoms with Crippen LogP contribution in [0.2, 0.25) is 0 Å². The molecule has 110 valence electrons. The molecule has 0 aromatic heterocycles. The normalized spacial score (nSPS) is 25.4. The van der Waals surface area contributed by atoms with Gasteiger partial charge in [0.25, 0.3) is 0 Å². The topological polar surface area (TPSA) is 72.5 Å². The fourth-order valence-corrected chi connectivity index (χ4v) is 2.98. The molecule has 3 atom stereocenters. The summed E-state index contributed by atoms with van der Waals surface area (Å²) >= 11 is 0. The van der Waals surface area contributed by atoms with E-state index in [4.69, 9.17) is 10.5 Å². The van der Waals surface area contributed by atoms with E-state index in [0.29, 0.717) is 6.42 Å². The van der Waals surface area contributed by atoms with Crippen LogP contribution in [-0.2, 0) is 14.9 Å². The van der Waals surface area contributed by atoms with Crippen molar-refractivity contribution < 1.29 is 14.6 Å². The first-order chi connectivity index (χ1) is 9.48. The summed E-state index contributed by atoms with van der Waals surface area (Å²) in [5, 5.41) is 9.76. The van der Waals surface area contributed by atoms with Gasteiger partial charge in [0.2, 0.25) is 0 Å². The Hall–Kier alpha value is -1.39. The van der Waals surface area contributed by atoms with E-state index >= 15 is 0 Å². The number of carboxylic acid groups (broad SMARTS) is 1. The molecule has 1 heterocycles. The molecule has 4 nitrogen and oxygen atoms in total. The van der Waals surface area contributed by atoms with E-state index in [9.17, 15) is 9.90 Å². The predicted octanol–water partition coefficient (Wildman–Crippen LogP) is 2.23. The molecule has 0 saturated carbocycles. The third-order valence-electron chi connectivity index (χ3n) is 4.22. The zero-order valence-corrected chi connectivity index (χ0v) is 12.1. The molecular weight excluding hydrogens is 254 g/mol. The van der Waals surface area contributed by atoms with Crippen LogP contribution in [0.15, 0.2) is 24.3 Å². The number of aryl methyl sites for hydroxylation is 1. The van der Waals surface area contributed by atoms with Gasteiger partial charge in [-0.1, -0.05) is 29.8 Å². The van der Waals surface area contributed by atoms with Crippen molar-refractivity contribution in [2.24, 2.45) is 5.73 Å². The zero-order chi connectivity index (χ0) is 14.8. The molecule has 0 radical (unpaired) electrons. The van der Waals surface area contributed by atoms with Crippen molar-refractivity contribution in [1.29, 1.82) is 0 Å². The SMILES string of the molecule is Cc1cccc(C(CN)(CC2CCC(C)O2)C(=O)O)c1. The van der Waals surface area contributed by atoms with Crippen molar-refractivity contribution in [3.8, 4) is 0 Å². The fourth-order valence-electron chi connectivity index (χ4n) is 2.98. The lowest BCUT2D eigenvalue weighted by atomic mass is 9.75. The molecule has 1 aromatic rings. The Morgan fingerprint density at radius 3 is 2.75 bits per heavy atom. The number of carbonyl (C=O) groups is 1. The largest absolute Gasteiger partial charge is 0.481 e. The highest BCUT2D eigenvalue weighted by atomic mass is 16.5. The maximum Gasteiger partial charge on any atom is 0.315 e. The maximum absolute atomic E-state index is 11.9. The molecule has 20 heavy (non-hydrogen) atoms. The summed E-state index contributed by atoms with van der Waals surface area (Å²) in [6.45, 7) is 4.07. The second kappa shape index (κ2) is 5.94. The van der Waals surface area contributed by atoms with Crippen LogP contribution in [0.5, 0.6) is 0 Å². The van der Waals surface area contributed by atoms with Crippen LogP contribution >= 0.6 is 0 Å². The highest BCUT2D eigenvalue weighted by molar-refractivity contribution is 5.82. The lowest BCUT2D eigenvalue weighted by Crippen LogP contribution is -2.45. The van der Waals surface area contributed by atoms with Gasteiger partial charge in [0.15, 0.2) is 0 Å². The average molecular weight is 277 g/mol. The minimum absolute atomic E-state index is 0.0230. The molecule has 1 saturated heterocycles. The van der Waals surface area contributed by atoms with Crippen LogP contribution in [0.4, 0.5) is 0 Å². The zero-order valence-electron chi connectivity index (χ0n) is 12.1. The second-order valence-corrected chi connectivity index (χ2v) is 5.81. The van der Waals surface area contributed by atoms with Crippen molar-refractivity contribution in [2.45, 2.75) is 50.7 Å². The lowest BCUT2D eigenvalue weighted by molar-refractivity contribution is -0.145. The van der Waals surface area contributed by atoms with Gasteiger partial charge in [0, 0.05) is 6.54 Å². The smallest absolute Gasteiger partial charge is 0.315 e. The van der Waals surface area contributed by atoms with E-state index in [0.717, 1.165) is 24.0 Å². The second-order valence-electron chi connectivity index (χ2n) is 5.81. The van der Waals surface area contributed by atoms with Gasteiger partial charge in [-0.25, -0.2) is 0 Å². The summed E-state index contributed by atoms with van der Waals surface area (Å²) in [5.41, 5.74) is 6.63. The number of nitrogens with two attached hydrogens (primary N) is 1. The van der Waals surface area contributed by atoms with Crippen molar-refractivity contribution in [3.05, 3.63) is 35.4 Å². The molecule has 3 unspecified atom stereocenters. The highest BCUT2D eigenvalue weighted by Crippen LogP contribution is 2.34. The molecular formula is C16H23NO3. The van der Waals surface area contributed by atoms with Crippen LogP contribution in [0.3, 0.4) is 0 Å². The molecule has 4 heteroatoms.